The lowest BCUT2D eigenvalue weighted by Crippen LogP contribution is -2.38. The molecule has 1 fully saturated rings. The summed E-state index contributed by atoms with van der Waals surface area (Å²) in [6.07, 6.45) is 3.37. The summed E-state index contributed by atoms with van der Waals surface area (Å²) >= 11 is 0. The summed E-state index contributed by atoms with van der Waals surface area (Å²) in [4.78, 5) is 10.3. The zero-order valence-electron chi connectivity index (χ0n) is 12.0. The molecule has 0 radical (unpaired) electrons. The maximum Gasteiger partial charge on any atom is 0.216 e. The van der Waals surface area contributed by atoms with Crippen LogP contribution in [0.2, 0.25) is 0 Å². The third-order valence-corrected chi connectivity index (χ3v) is 3.73. The average molecular weight is 291 g/mol. The van der Waals surface area contributed by atoms with Gasteiger partial charge in [0, 0.05) is 25.7 Å². The Morgan fingerprint density at radius 1 is 1.38 bits per heavy atom. The van der Waals surface area contributed by atoms with Gasteiger partial charge < -0.3 is 9.15 Å². The molecule has 2 aromatic heterocycles. The number of aryl methyl sites for hydroxylation is 1. The van der Waals surface area contributed by atoms with E-state index in [1.165, 1.54) is 12.5 Å². The quantitative estimate of drug-likeness (QED) is 0.810. The molecule has 1 saturated heterocycles. The Morgan fingerprint density at radius 2 is 2.19 bits per heavy atom. The van der Waals surface area contributed by atoms with Gasteiger partial charge in [0.2, 0.25) is 11.8 Å². The van der Waals surface area contributed by atoms with E-state index in [0.29, 0.717) is 5.88 Å². The van der Waals surface area contributed by atoms with Crippen molar-refractivity contribution in [1.82, 2.24) is 14.9 Å². The number of rotatable bonds is 4. The van der Waals surface area contributed by atoms with Gasteiger partial charge in [0.05, 0.1) is 5.69 Å². The molecule has 0 unspecified atom stereocenters. The van der Waals surface area contributed by atoms with Crippen LogP contribution in [0.5, 0.6) is 5.88 Å². The van der Waals surface area contributed by atoms with E-state index in [9.17, 15) is 4.39 Å². The first-order valence-electron chi connectivity index (χ1n) is 7.11. The number of hydrogen-bond donors (Lipinski definition) is 0. The number of ether oxygens (including phenoxy) is 1. The van der Waals surface area contributed by atoms with Crippen molar-refractivity contribution in [3.8, 4) is 5.88 Å². The largest absolute Gasteiger partial charge is 0.474 e. The van der Waals surface area contributed by atoms with Gasteiger partial charge in [0.25, 0.3) is 0 Å². The highest BCUT2D eigenvalue weighted by molar-refractivity contribution is 5.11. The van der Waals surface area contributed by atoms with Gasteiger partial charge in [-0.1, -0.05) is 6.07 Å². The fraction of sp³-hybridized carbons (Fsp3) is 0.467. The lowest BCUT2D eigenvalue weighted by atomic mass is 10.1. The van der Waals surface area contributed by atoms with Gasteiger partial charge >= 0.3 is 0 Å². The number of nitrogens with zero attached hydrogens (tertiary/aromatic N) is 3. The van der Waals surface area contributed by atoms with Crippen LogP contribution in [0.1, 0.15) is 24.3 Å². The topological polar surface area (TPSA) is 51.4 Å². The van der Waals surface area contributed by atoms with E-state index in [-0.39, 0.29) is 6.10 Å². The SMILES string of the molecule is Cc1ocnc1CN1CCC(Oc2cccc(F)n2)CC1. The molecule has 0 bridgehead atoms. The number of hydrogen-bond acceptors (Lipinski definition) is 5. The standard InChI is InChI=1S/C15H18FN3O2/c1-11-13(17-10-20-11)9-19-7-5-12(6-8-19)21-15-4-2-3-14(16)18-15/h2-4,10,12H,5-9H2,1H3. The first kappa shape index (κ1) is 14.0. The lowest BCUT2D eigenvalue weighted by Gasteiger charge is -2.31. The lowest BCUT2D eigenvalue weighted by molar-refractivity contribution is 0.0917. The fourth-order valence-electron chi connectivity index (χ4n) is 2.50. The molecule has 3 heterocycles. The molecule has 21 heavy (non-hydrogen) atoms. The predicted octanol–water partition coefficient (Wildman–Crippen LogP) is 2.56. The third kappa shape index (κ3) is 3.58. The van der Waals surface area contributed by atoms with E-state index in [1.54, 1.807) is 12.1 Å². The second-order valence-electron chi connectivity index (χ2n) is 5.25. The molecule has 1 aliphatic rings. The Kier molecular flexibility index (Phi) is 4.15. The molecule has 0 saturated carbocycles. The van der Waals surface area contributed by atoms with Crippen LogP contribution in [-0.4, -0.2) is 34.1 Å². The van der Waals surface area contributed by atoms with E-state index in [2.05, 4.69) is 14.9 Å². The van der Waals surface area contributed by atoms with Gasteiger partial charge in [-0.15, -0.1) is 0 Å². The number of aromatic nitrogens is 2. The number of piperidine rings is 1. The minimum Gasteiger partial charge on any atom is -0.474 e. The highest BCUT2D eigenvalue weighted by Gasteiger charge is 2.22. The van der Waals surface area contributed by atoms with E-state index in [0.717, 1.165) is 43.9 Å². The summed E-state index contributed by atoms with van der Waals surface area (Å²) in [6.45, 7) is 4.57. The average Bonchev–Trinajstić information content (AvgIpc) is 2.87. The predicted molar refractivity (Wildman–Crippen MR) is 74.4 cm³/mol. The maximum absolute atomic E-state index is 13.0. The summed E-state index contributed by atoms with van der Waals surface area (Å²) in [5, 5.41) is 0. The first-order chi connectivity index (χ1) is 10.2. The smallest absolute Gasteiger partial charge is 0.216 e. The minimum atomic E-state index is -0.508. The van der Waals surface area contributed by atoms with E-state index in [1.807, 2.05) is 6.92 Å². The van der Waals surface area contributed by atoms with Crippen LogP contribution < -0.4 is 4.74 Å². The molecular weight excluding hydrogens is 273 g/mol. The van der Waals surface area contributed by atoms with Gasteiger partial charge in [-0.2, -0.15) is 9.37 Å². The Hall–Kier alpha value is -1.95. The zero-order chi connectivity index (χ0) is 14.7. The van der Waals surface area contributed by atoms with E-state index in [4.69, 9.17) is 9.15 Å². The van der Waals surface area contributed by atoms with Crippen molar-refractivity contribution in [2.75, 3.05) is 13.1 Å². The molecule has 0 amide bonds. The molecule has 1 aliphatic heterocycles. The van der Waals surface area contributed by atoms with Crippen molar-refractivity contribution in [1.29, 1.82) is 0 Å². The molecule has 0 spiro atoms. The molecule has 0 aromatic carbocycles. The molecule has 6 heteroatoms. The van der Waals surface area contributed by atoms with Gasteiger partial charge in [0.15, 0.2) is 6.39 Å². The van der Waals surface area contributed by atoms with Crippen molar-refractivity contribution in [3.63, 3.8) is 0 Å². The summed E-state index contributed by atoms with van der Waals surface area (Å²) < 4.78 is 24.0. The Balaban J connectivity index is 1.50. The molecule has 112 valence electrons. The van der Waals surface area contributed by atoms with Gasteiger partial charge in [0.1, 0.15) is 11.9 Å². The number of pyridine rings is 1. The normalized spacial score (nSPS) is 17.0. The van der Waals surface area contributed by atoms with Crippen molar-refractivity contribution in [2.45, 2.75) is 32.4 Å². The second kappa shape index (κ2) is 6.22. The van der Waals surface area contributed by atoms with Crippen LogP contribution in [0.3, 0.4) is 0 Å². The monoisotopic (exact) mass is 291 g/mol. The highest BCUT2D eigenvalue weighted by Crippen LogP contribution is 2.19. The third-order valence-electron chi connectivity index (χ3n) is 3.73. The first-order valence-corrected chi connectivity index (χ1v) is 7.11. The molecule has 0 atom stereocenters. The molecule has 0 aliphatic carbocycles. The van der Waals surface area contributed by atoms with Crippen LogP contribution in [0.25, 0.3) is 0 Å². The molecule has 0 N–H and O–H groups in total. The van der Waals surface area contributed by atoms with Gasteiger partial charge in [-0.05, 0) is 25.8 Å². The number of oxazole rings is 1. The molecule has 3 rings (SSSR count). The van der Waals surface area contributed by atoms with Gasteiger partial charge in [-0.25, -0.2) is 4.98 Å². The van der Waals surface area contributed by atoms with Crippen LogP contribution in [0.15, 0.2) is 29.0 Å². The molecule has 5 nitrogen and oxygen atoms in total. The zero-order valence-corrected chi connectivity index (χ0v) is 12.0. The Labute approximate surface area is 122 Å². The summed E-state index contributed by atoms with van der Waals surface area (Å²) in [5.41, 5.74) is 0.987. The van der Waals surface area contributed by atoms with E-state index < -0.39 is 5.95 Å². The summed E-state index contributed by atoms with van der Waals surface area (Å²) in [5.74, 6) is 0.726. The summed E-state index contributed by atoms with van der Waals surface area (Å²) in [7, 11) is 0. The minimum absolute atomic E-state index is 0.0916. The number of likely N-dealkylation sites (tertiary alicyclic amines) is 1. The molecule has 2 aromatic rings. The maximum atomic E-state index is 13.0. The molecular formula is C15H18FN3O2. The van der Waals surface area contributed by atoms with Crippen molar-refractivity contribution in [3.05, 3.63) is 42.0 Å². The van der Waals surface area contributed by atoms with Crippen molar-refractivity contribution in [2.24, 2.45) is 0 Å². The van der Waals surface area contributed by atoms with Crippen LogP contribution in [-0.2, 0) is 6.54 Å². The highest BCUT2D eigenvalue weighted by atomic mass is 19.1. The van der Waals surface area contributed by atoms with Gasteiger partial charge in [-0.3, -0.25) is 4.90 Å². The fourth-order valence-corrected chi connectivity index (χ4v) is 2.50. The Morgan fingerprint density at radius 3 is 2.86 bits per heavy atom. The van der Waals surface area contributed by atoms with Crippen molar-refractivity contribution >= 4 is 0 Å². The van der Waals surface area contributed by atoms with Crippen molar-refractivity contribution < 1.29 is 13.5 Å². The van der Waals surface area contributed by atoms with Crippen LogP contribution >= 0.6 is 0 Å². The number of halogens is 1. The second-order valence-corrected chi connectivity index (χ2v) is 5.25. The van der Waals surface area contributed by atoms with Crippen LogP contribution in [0, 0.1) is 12.9 Å². The summed E-state index contributed by atoms with van der Waals surface area (Å²) in [6, 6.07) is 4.62. The Bertz CT molecular complexity index is 594. The van der Waals surface area contributed by atoms with Crippen LogP contribution in [0.4, 0.5) is 4.39 Å². The van der Waals surface area contributed by atoms with E-state index >= 15 is 0 Å².